The Morgan fingerprint density at radius 2 is 1.77 bits per heavy atom. The fourth-order valence-electron chi connectivity index (χ4n) is 6.19. The minimum atomic E-state index is -0.667. The SMILES string of the molecule is Cc1nc2nc([C@@H]3CCO[C@@H](c4cnn(C5CC5)c4)C3)nc(-c3ccc(F)cc3F)c2nc1C1CCCCC1. The molecule has 2 saturated carbocycles. The zero-order chi connectivity index (χ0) is 26.5. The standard InChI is InChI=1S/C30H32F2N6O/c1-17-26(18-5-3-2-4-6-18)35-28-27(23-10-7-21(31)14-24(23)32)36-29(37-30(28)34-17)19-11-12-39-25(13-19)20-15-33-38(16-20)22-8-9-22/h7,10,14-16,18-19,22,25H,2-6,8-9,11-13H2,1H3/t19-,25-/m1/s1. The van der Waals surface area contributed by atoms with E-state index in [-0.39, 0.29) is 17.6 Å². The van der Waals surface area contributed by atoms with Crippen molar-refractivity contribution in [1.82, 2.24) is 29.7 Å². The van der Waals surface area contributed by atoms with Gasteiger partial charge < -0.3 is 4.74 Å². The summed E-state index contributed by atoms with van der Waals surface area (Å²) in [6.45, 7) is 2.55. The molecule has 0 unspecified atom stereocenters. The van der Waals surface area contributed by atoms with Gasteiger partial charge in [-0.25, -0.2) is 28.7 Å². The molecule has 3 aromatic heterocycles. The molecule has 1 aromatic carbocycles. The second-order valence-electron chi connectivity index (χ2n) is 11.3. The minimum absolute atomic E-state index is 0.000174. The van der Waals surface area contributed by atoms with Crippen molar-refractivity contribution in [1.29, 1.82) is 0 Å². The average molecular weight is 531 g/mol. The molecule has 9 heteroatoms. The lowest BCUT2D eigenvalue weighted by atomic mass is 9.86. The van der Waals surface area contributed by atoms with Crippen molar-refractivity contribution >= 4 is 11.2 Å². The molecule has 3 aliphatic rings. The zero-order valence-electron chi connectivity index (χ0n) is 22.1. The van der Waals surface area contributed by atoms with Crippen LogP contribution in [0.5, 0.6) is 0 Å². The number of halogens is 2. The van der Waals surface area contributed by atoms with Crippen LogP contribution in [0.3, 0.4) is 0 Å². The molecular weight excluding hydrogens is 498 g/mol. The van der Waals surface area contributed by atoms with Crippen molar-refractivity contribution in [2.45, 2.75) is 88.7 Å². The number of benzene rings is 1. The second-order valence-corrected chi connectivity index (χ2v) is 11.3. The third-order valence-electron chi connectivity index (χ3n) is 8.50. The summed E-state index contributed by atoms with van der Waals surface area (Å²) >= 11 is 0. The van der Waals surface area contributed by atoms with E-state index in [1.54, 1.807) is 0 Å². The highest BCUT2D eigenvalue weighted by atomic mass is 19.1. The first-order chi connectivity index (χ1) is 19.0. The number of fused-ring (bicyclic) bond motifs is 1. The quantitative estimate of drug-likeness (QED) is 0.280. The molecule has 0 N–H and O–H groups in total. The highest BCUT2D eigenvalue weighted by molar-refractivity contribution is 5.87. The Morgan fingerprint density at radius 3 is 2.56 bits per heavy atom. The Hall–Kier alpha value is -3.33. The summed E-state index contributed by atoms with van der Waals surface area (Å²) in [7, 11) is 0. The molecule has 7 nitrogen and oxygen atoms in total. The summed E-state index contributed by atoms with van der Waals surface area (Å²) in [5.41, 5.74) is 4.40. The van der Waals surface area contributed by atoms with E-state index in [1.807, 2.05) is 17.8 Å². The average Bonchev–Trinajstić information content (AvgIpc) is 3.69. The van der Waals surface area contributed by atoms with E-state index >= 15 is 4.39 Å². The van der Waals surface area contributed by atoms with Crippen LogP contribution in [0.4, 0.5) is 8.78 Å². The van der Waals surface area contributed by atoms with Gasteiger partial charge in [0, 0.05) is 41.8 Å². The van der Waals surface area contributed by atoms with Crippen molar-refractivity contribution in [2.24, 2.45) is 0 Å². The summed E-state index contributed by atoms with van der Waals surface area (Å²) in [6.07, 6.45) is 13.4. The Morgan fingerprint density at radius 1 is 0.923 bits per heavy atom. The Balaban J connectivity index is 1.30. The van der Waals surface area contributed by atoms with E-state index < -0.39 is 11.6 Å². The van der Waals surface area contributed by atoms with Crippen LogP contribution >= 0.6 is 0 Å². The maximum atomic E-state index is 15.2. The minimum Gasteiger partial charge on any atom is -0.373 e. The lowest BCUT2D eigenvalue weighted by molar-refractivity contribution is 0.00396. The van der Waals surface area contributed by atoms with Crippen LogP contribution in [0.25, 0.3) is 22.4 Å². The molecule has 2 atom stereocenters. The van der Waals surface area contributed by atoms with E-state index in [1.165, 1.54) is 44.2 Å². The van der Waals surface area contributed by atoms with Crippen molar-refractivity contribution in [2.75, 3.05) is 6.61 Å². The largest absolute Gasteiger partial charge is 0.373 e. The van der Waals surface area contributed by atoms with Crippen LogP contribution in [0.15, 0.2) is 30.6 Å². The van der Waals surface area contributed by atoms with Gasteiger partial charge >= 0.3 is 0 Å². The van der Waals surface area contributed by atoms with E-state index in [0.717, 1.165) is 42.3 Å². The fraction of sp³-hybridized carbons (Fsp3) is 0.500. The molecule has 0 bridgehead atoms. The van der Waals surface area contributed by atoms with Gasteiger partial charge in [-0.1, -0.05) is 19.3 Å². The molecule has 4 heterocycles. The molecule has 0 amide bonds. The van der Waals surface area contributed by atoms with Crippen molar-refractivity contribution in [3.63, 3.8) is 0 Å². The van der Waals surface area contributed by atoms with Gasteiger partial charge in [-0.2, -0.15) is 5.10 Å². The first-order valence-corrected chi connectivity index (χ1v) is 14.2. The molecular formula is C30H32F2N6O. The van der Waals surface area contributed by atoms with Gasteiger partial charge in [0.25, 0.3) is 0 Å². The van der Waals surface area contributed by atoms with E-state index in [0.29, 0.717) is 47.7 Å². The number of aromatic nitrogens is 6. The molecule has 0 radical (unpaired) electrons. The Labute approximate surface area is 226 Å². The molecule has 4 aromatic rings. The summed E-state index contributed by atoms with van der Waals surface area (Å²) in [4.78, 5) is 19.7. The zero-order valence-corrected chi connectivity index (χ0v) is 22.1. The first-order valence-electron chi connectivity index (χ1n) is 14.2. The normalized spacial score (nSPS) is 22.4. The molecule has 1 saturated heterocycles. The monoisotopic (exact) mass is 530 g/mol. The predicted molar refractivity (Wildman–Crippen MR) is 142 cm³/mol. The molecule has 7 rings (SSSR count). The maximum Gasteiger partial charge on any atom is 0.182 e. The topological polar surface area (TPSA) is 78.6 Å². The van der Waals surface area contributed by atoms with Crippen LogP contribution in [-0.4, -0.2) is 36.3 Å². The predicted octanol–water partition coefficient (Wildman–Crippen LogP) is 6.89. The Bertz CT molecular complexity index is 1530. The third kappa shape index (κ3) is 4.81. The highest BCUT2D eigenvalue weighted by Gasteiger charge is 2.31. The van der Waals surface area contributed by atoms with Crippen LogP contribution in [0, 0.1) is 18.6 Å². The number of nitrogens with zero attached hydrogens (tertiary/aromatic N) is 6. The molecule has 1 aliphatic heterocycles. The van der Waals surface area contributed by atoms with Gasteiger partial charge in [0.15, 0.2) is 5.65 Å². The van der Waals surface area contributed by atoms with Gasteiger partial charge in [0.05, 0.1) is 29.7 Å². The van der Waals surface area contributed by atoms with E-state index in [9.17, 15) is 4.39 Å². The lowest BCUT2D eigenvalue weighted by Gasteiger charge is -2.28. The number of hydrogen-bond acceptors (Lipinski definition) is 6. The second kappa shape index (κ2) is 10.0. The molecule has 0 spiro atoms. The number of hydrogen-bond donors (Lipinski definition) is 0. The summed E-state index contributed by atoms with van der Waals surface area (Å²) in [6, 6.07) is 4.11. The first kappa shape index (κ1) is 24.7. The van der Waals surface area contributed by atoms with Crippen molar-refractivity contribution in [3.05, 3.63) is 65.0 Å². The smallest absolute Gasteiger partial charge is 0.182 e. The number of aryl methyl sites for hydroxylation is 1. The van der Waals surface area contributed by atoms with Crippen LogP contribution in [0.1, 0.15) is 105 Å². The molecule has 3 fully saturated rings. The highest BCUT2D eigenvalue weighted by Crippen LogP contribution is 2.40. The van der Waals surface area contributed by atoms with Crippen LogP contribution in [-0.2, 0) is 4.74 Å². The molecule has 202 valence electrons. The van der Waals surface area contributed by atoms with Gasteiger partial charge in [-0.3, -0.25) is 4.68 Å². The van der Waals surface area contributed by atoms with Crippen LogP contribution in [0.2, 0.25) is 0 Å². The fourth-order valence-corrected chi connectivity index (χ4v) is 6.19. The number of rotatable bonds is 5. The summed E-state index contributed by atoms with van der Waals surface area (Å²) < 4.78 is 37.2. The van der Waals surface area contributed by atoms with Gasteiger partial charge in [0.1, 0.15) is 28.7 Å². The number of ether oxygens (including phenoxy) is 1. The Kier molecular flexibility index (Phi) is 6.34. The van der Waals surface area contributed by atoms with Gasteiger partial charge in [0.2, 0.25) is 0 Å². The van der Waals surface area contributed by atoms with Crippen molar-refractivity contribution < 1.29 is 13.5 Å². The van der Waals surface area contributed by atoms with Gasteiger partial charge in [-0.05, 0) is 57.6 Å². The van der Waals surface area contributed by atoms with E-state index in [2.05, 4.69) is 11.3 Å². The third-order valence-corrected chi connectivity index (χ3v) is 8.50. The maximum absolute atomic E-state index is 15.2. The van der Waals surface area contributed by atoms with Crippen molar-refractivity contribution in [3.8, 4) is 11.3 Å². The van der Waals surface area contributed by atoms with Gasteiger partial charge in [-0.15, -0.1) is 0 Å². The summed E-state index contributed by atoms with van der Waals surface area (Å²) in [5.74, 6) is -0.365. The molecule has 2 aliphatic carbocycles. The van der Waals surface area contributed by atoms with Crippen LogP contribution < -0.4 is 0 Å². The summed E-state index contributed by atoms with van der Waals surface area (Å²) in [5, 5.41) is 4.53. The molecule has 39 heavy (non-hydrogen) atoms. The lowest BCUT2D eigenvalue weighted by Crippen LogP contribution is -2.21. The van der Waals surface area contributed by atoms with E-state index in [4.69, 9.17) is 24.7 Å².